The van der Waals surface area contributed by atoms with E-state index in [1.54, 1.807) is 23.4 Å². The van der Waals surface area contributed by atoms with Crippen LogP contribution in [0.15, 0.2) is 115 Å². The second-order valence-corrected chi connectivity index (χ2v) is 11.1. The molecule has 0 unspecified atom stereocenters. The normalized spacial score (nSPS) is 15.0. The van der Waals surface area contributed by atoms with Crippen LogP contribution in [-0.4, -0.2) is 52.8 Å². The molecule has 1 N–H and O–H groups in total. The number of carbonyl (C=O) groups is 2. The van der Waals surface area contributed by atoms with Crippen molar-refractivity contribution in [1.82, 2.24) is 20.1 Å². The van der Waals surface area contributed by atoms with E-state index in [1.165, 1.54) is 23.8 Å². The number of nitrogens with one attached hydrogen (secondary N) is 1. The Morgan fingerprint density at radius 3 is 2.02 bits per heavy atom. The van der Waals surface area contributed by atoms with Gasteiger partial charge in [0.05, 0.1) is 11.5 Å². The van der Waals surface area contributed by atoms with Gasteiger partial charge in [-0.2, -0.15) is 13.2 Å². The standard InChI is InChI=1S/C36H35F3N4O2/c37-36(38,39)31-15-13-28(14-16-31)22-32(34(44)41-25-30-12-7-17-40-24-30)33(23-27-8-3-1-4-9-27)35(45)43-20-18-42(19-21-43)26-29-10-5-2-6-11-29/h1-17,22,24,33H,18-21,23,25-26H2,(H,41,44)/t33-/m0/s1. The predicted octanol–water partition coefficient (Wildman–Crippen LogP) is 6.00. The third kappa shape index (κ3) is 8.89. The number of carbonyl (C=O) groups excluding carboxylic acids is 2. The summed E-state index contributed by atoms with van der Waals surface area (Å²) in [5, 5.41) is 2.91. The number of hydrogen-bond acceptors (Lipinski definition) is 4. The van der Waals surface area contributed by atoms with E-state index in [4.69, 9.17) is 0 Å². The third-order valence-corrected chi connectivity index (χ3v) is 7.89. The molecule has 1 aliphatic rings. The summed E-state index contributed by atoms with van der Waals surface area (Å²) >= 11 is 0. The Morgan fingerprint density at radius 1 is 0.800 bits per heavy atom. The minimum atomic E-state index is -4.49. The highest BCUT2D eigenvalue weighted by Crippen LogP contribution is 2.30. The van der Waals surface area contributed by atoms with Gasteiger partial charge in [0.25, 0.3) is 0 Å². The Kier molecular flexibility index (Phi) is 10.4. The first-order valence-corrected chi connectivity index (χ1v) is 14.9. The quantitative estimate of drug-likeness (QED) is 0.223. The van der Waals surface area contributed by atoms with Gasteiger partial charge in [0.15, 0.2) is 0 Å². The second-order valence-electron chi connectivity index (χ2n) is 11.1. The van der Waals surface area contributed by atoms with Gasteiger partial charge in [-0.25, -0.2) is 0 Å². The van der Waals surface area contributed by atoms with Crippen LogP contribution in [0.1, 0.15) is 27.8 Å². The van der Waals surface area contributed by atoms with E-state index in [-0.39, 0.29) is 24.4 Å². The molecule has 2 amide bonds. The third-order valence-electron chi connectivity index (χ3n) is 7.89. The highest BCUT2D eigenvalue weighted by molar-refractivity contribution is 6.04. The number of amides is 2. The molecule has 1 atom stereocenters. The van der Waals surface area contributed by atoms with Gasteiger partial charge in [-0.05, 0) is 52.9 Å². The highest BCUT2D eigenvalue weighted by Gasteiger charge is 2.34. The first kappa shape index (κ1) is 31.7. The summed E-state index contributed by atoms with van der Waals surface area (Å²) in [4.78, 5) is 36.3. The molecular formula is C36H35F3N4O2. The molecule has 1 fully saturated rings. The average molecular weight is 613 g/mol. The number of benzene rings is 3. The van der Waals surface area contributed by atoms with Gasteiger partial charge in [-0.1, -0.05) is 78.9 Å². The van der Waals surface area contributed by atoms with E-state index in [0.29, 0.717) is 31.7 Å². The zero-order chi connectivity index (χ0) is 31.6. The van der Waals surface area contributed by atoms with Crippen LogP contribution in [0.5, 0.6) is 0 Å². The lowest BCUT2D eigenvalue weighted by Gasteiger charge is -2.37. The van der Waals surface area contributed by atoms with E-state index in [9.17, 15) is 22.8 Å². The number of aromatic nitrogens is 1. The Labute approximate surface area is 261 Å². The van der Waals surface area contributed by atoms with Gasteiger partial charge in [0, 0.05) is 57.2 Å². The van der Waals surface area contributed by atoms with E-state index in [2.05, 4.69) is 27.3 Å². The van der Waals surface area contributed by atoms with Gasteiger partial charge in [-0.3, -0.25) is 19.5 Å². The maximum atomic E-state index is 14.3. The lowest BCUT2D eigenvalue weighted by molar-refractivity contribution is -0.138. The van der Waals surface area contributed by atoms with Crippen molar-refractivity contribution in [2.45, 2.75) is 25.7 Å². The summed E-state index contributed by atoms with van der Waals surface area (Å²) in [5.41, 5.74) is 2.66. The highest BCUT2D eigenvalue weighted by atomic mass is 19.4. The van der Waals surface area contributed by atoms with E-state index in [0.717, 1.165) is 29.8 Å². The first-order chi connectivity index (χ1) is 21.8. The van der Waals surface area contributed by atoms with Crippen molar-refractivity contribution in [1.29, 1.82) is 0 Å². The molecule has 1 saturated heterocycles. The molecule has 0 radical (unpaired) electrons. The number of nitrogens with zero attached hydrogens (tertiary/aromatic N) is 3. The summed E-state index contributed by atoms with van der Waals surface area (Å²) in [6.07, 6.45) is 0.587. The minimum Gasteiger partial charge on any atom is -0.348 e. The Hall–Kier alpha value is -4.76. The van der Waals surface area contributed by atoms with Crippen molar-refractivity contribution in [3.8, 4) is 0 Å². The Morgan fingerprint density at radius 2 is 1.42 bits per heavy atom. The zero-order valence-corrected chi connectivity index (χ0v) is 24.8. The van der Waals surface area contributed by atoms with Gasteiger partial charge < -0.3 is 10.2 Å². The van der Waals surface area contributed by atoms with E-state index in [1.807, 2.05) is 54.6 Å². The van der Waals surface area contributed by atoms with E-state index < -0.39 is 23.6 Å². The molecule has 0 aliphatic carbocycles. The number of halogens is 3. The fraction of sp³-hybridized carbons (Fsp3) is 0.250. The summed E-state index contributed by atoms with van der Waals surface area (Å²) in [7, 11) is 0. The molecule has 3 aromatic carbocycles. The van der Waals surface area contributed by atoms with E-state index >= 15 is 0 Å². The molecule has 0 spiro atoms. The number of pyridine rings is 1. The molecule has 4 aromatic rings. The lowest BCUT2D eigenvalue weighted by Crippen LogP contribution is -2.51. The SMILES string of the molecule is O=C(NCc1cccnc1)C(=Cc1ccc(C(F)(F)F)cc1)[C@H](Cc1ccccc1)C(=O)N1CCN(Cc2ccccc2)CC1. The Bertz CT molecular complexity index is 1570. The topological polar surface area (TPSA) is 65.5 Å². The van der Waals surface area contributed by atoms with Gasteiger partial charge >= 0.3 is 6.18 Å². The van der Waals surface area contributed by atoms with Gasteiger partial charge in [0.1, 0.15) is 0 Å². The van der Waals surface area contributed by atoms with Crippen LogP contribution in [0.25, 0.3) is 6.08 Å². The average Bonchev–Trinajstić information content (AvgIpc) is 3.06. The largest absolute Gasteiger partial charge is 0.416 e. The molecule has 45 heavy (non-hydrogen) atoms. The van der Waals surface area contributed by atoms with Crippen LogP contribution in [0, 0.1) is 5.92 Å². The lowest BCUT2D eigenvalue weighted by atomic mass is 9.88. The molecule has 0 saturated carbocycles. The van der Waals surface area contributed by atoms with Crippen molar-refractivity contribution in [2.24, 2.45) is 5.92 Å². The molecule has 6 nitrogen and oxygen atoms in total. The Balaban J connectivity index is 1.43. The maximum Gasteiger partial charge on any atom is 0.416 e. The minimum absolute atomic E-state index is 0.182. The molecule has 1 aromatic heterocycles. The molecule has 5 rings (SSSR count). The fourth-order valence-electron chi connectivity index (χ4n) is 5.43. The fourth-order valence-corrected chi connectivity index (χ4v) is 5.43. The van der Waals surface area contributed by atoms with Crippen molar-refractivity contribution < 1.29 is 22.8 Å². The maximum absolute atomic E-state index is 14.3. The number of piperazine rings is 1. The van der Waals surface area contributed by atoms with Crippen LogP contribution in [0.3, 0.4) is 0 Å². The molecule has 1 aliphatic heterocycles. The van der Waals surface area contributed by atoms with Crippen molar-refractivity contribution in [3.05, 3.63) is 143 Å². The number of alkyl halides is 3. The molecule has 232 valence electrons. The van der Waals surface area contributed by atoms with Crippen LogP contribution in [0.2, 0.25) is 0 Å². The second kappa shape index (κ2) is 14.8. The van der Waals surface area contributed by atoms with Crippen LogP contribution in [0.4, 0.5) is 13.2 Å². The summed E-state index contributed by atoms with van der Waals surface area (Å²) in [6.45, 7) is 3.34. The van der Waals surface area contributed by atoms with Crippen LogP contribution >= 0.6 is 0 Å². The van der Waals surface area contributed by atoms with Crippen LogP contribution < -0.4 is 5.32 Å². The molecule has 0 bridgehead atoms. The van der Waals surface area contributed by atoms with Crippen molar-refractivity contribution >= 4 is 17.9 Å². The van der Waals surface area contributed by atoms with Crippen molar-refractivity contribution in [3.63, 3.8) is 0 Å². The van der Waals surface area contributed by atoms with Gasteiger partial charge in [-0.15, -0.1) is 0 Å². The monoisotopic (exact) mass is 612 g/mol. The zero-order valence-electron chi connectivity index (χ0n) is 24.8. The summed E-state index contributed by atoms with van der Waals surface area (Å²) in [6, 6.07) is 27.8. The van der Waals surface area contributed by atoms with Crippen LogP contribution in [-0.2, 0) is 35.3 Å². The number of hydrogen-bond donors (Lipinski definition) is 1. The number of rotatable bonds is 10. The molecule has 9 heteroatoms. The first-order valence-electron chi connectivity index (χ1n) is 14.9. The summed E-state index contributed by atoms with van der Waals surface area (Å²) < 4.78 is 39.8. The summed E-state index contributed by atoms with van der Waals surface area (Å²) in [5.74, 6) is -1.51. The smallest absolute Gasteiger partial charge is 0.348 e. The molecular weight excluding hydrogens is 577 g/mol. The van der Waals surface area contributed by atoms with Crippen molar-refractivity contribution in [2.75, 3.05) is 26.2 Å². The van der Waals surface area contributed by atoms with Gasteiger partial charge in [0.2, 0.25) is 11.8 Å². The molecule has 2 heterocycles. The predicted molar refractivity (Wildman–Crippen MR) is 167 cm³/mol.